The highest BCUT2D eigenvalue weighted by Crippen LogP contribution is 2.43. The molecule has 0 radical (unpaired) electrons. The zero-order chi connectivity index (χ0) is 10.1. The summed E-state index contributed by atoms with van der Waals surface area (Å²) in [5.41, 5.74) is 0. The largest absolute Gasteiger partial charge is 0.311 e. The predicted octanol–water partition coefficient (Wildman–Crippen LogP) is 2.33. The van der Waals surface area contributed by atoms with E-state index in [9.17, 15) is 0 Å². The van der Waals surface area contributed by atoms with Gasteiger partial charge in [0.2, 0.25) is 0 Å². The molecule has 4 heteroatoms. The van der Waals surface area contributed by atoms with E-state index in [0.717, 1.165) is 10.9 Å². The third-order valence-corrected chi connectivity index (χ3v) is 4.29. The molecule has 3 nitrogen and oxygen atoms in total. The maximum Gasteiger partial charge on any atom is 0.134 e. The molecule has 1 aliphatic rings. The topological polar surface area (TPSA) is 37.8 Å². The molecule has 0 aliphatic heterocycles. The van der Waals surface area contributed by atoms with Crippen molar-refractivity contribution in [2.45, 2.75) is 38.6 Å². The average molecular weight is 211 g/mol. The molecule has 2 unspecified atom stereocenters. The van der Waals surface area contributed by atoms with Gasteiger partial charge in [-0.25, -0.2) is 0 Å². The van der Waals surface area contributed by atoms with Crippen molar-refractivity contribution in [3.8, 4) is 0 Å². The Morgan fingerprint density at radius 3 is 2.50 bits per heavy atom. The number of aromatic nitrogens is 2. The zero-order valence-corrected chi connectivity index (χ0v) is 9.77. The lowest BCUT2D eigenvalue weighted by atomic mass is 10.1. The Hall–Kier alpha value is -0.480. The van der Waals surface area contributed by atoms with Crippen LogP contribution in [0.5, 0.6) is 0 Å². The molecule has 0 amide bonds. The fourth-order valence-electron chi connectivity index (χ4n) is 1.53. The van der Waals surface area contributed by atoms with Gasteiger partial charge >= 0.3 is 0 Å². The maximum absolute atomic E-state index is 4.27. The SMILES string of the molecule is CNC(C)c1nnc(C(C)C2CC2)s1. The highest BCUT2D eigenvalue weighted by Gasteiger charge is 2.31. The Labute approximate surface area is 88.9 Å². The molecule has 1 saturated carbocycles. The lowest BCUT2D eigenvalue weighted by Gasteiger charge is -2.04. The molecule has 0 bridgehead atoms. The van der Waals surface area contributed by atoms with Crippen molar-refractivity contribution in [2.24, 2.45) is 5.92 Å². The first-order valence-corrected chi connectivity index (χ1v) is 6.04. The lowest BCUT2D eigenvalue weighted by Crippen LogP contribution is -2.11. The van der Waals surface area contributed by atoms with E-state index in [4.69, 9.17) is 0 Å². The quantitative estimate of drug-likeness (QED) is 0.830. The molecule has 2 rings (SSSR count). The number of hydrogen-bond donors (Lipinski definition) is 1. The van der Waals surface area contributed by atoms with E-state index in [1.807, 2.05) is 7.05 Å². The van der Waals surface area contributed by atoms with Crippen LogP contribution in [-0.2, 0) is 0 Å². The third kappa shape index (κ3) is 1.96. The van der Waals surface area contributed by atoms with Crippen LogP contribution in [0, 0.1) is 5.92 Å². The van der Waals surface area contributed by atoms with Gasteiger partial charge in [0.05, 0.1) is 6.04 Å². The molecule has 1 fully saturated rings. The van der Waals surface area contributed by atoms with Gasteiger partial charge in [0.15, 0.2) is 0 Å². The van der Waals surface area contributed by atoms with Crippen molar-refractivity contribution in [1.82, 2.24) is 15.5 Å². The van der Waals surface area contributed by atoms with Gasteiger partial charge in [-0.2, -0.15) is 0 Å². The molecule has 0 saturated heterocycles. The van der Waals surface area contributed by atoms with Gasteiger partial charge in [-0.1, -0.05) is 18.3 Å². The maximum atomic E-state index is 4.27. The van der Waals surface area contributed by atoms with Crippen LogP contribution in [0.15, 0.2) is 0 Å². The van der Waals surface area contributed by atoms with Crippen LogP contribution >= 0.6 is 11.3 Å². The minimum atomic E-state index is 0.327. The van der Waals surface area contributed by atoms with Crippen molar-refractivity contribution >= 4 is 11.3 Å². The monoisotopic (exact) mass is 211 g/mol. The van der Waals surface area contributed by atoms with Crippen LogP contribution < -0.4 is 5.32 Å². The molecule has 1 N–H and O–H groups in total. The smallest absolute Gasteiger partial charge is 0.134 e. The molecule has 1 heterocycles. The van der Waals surface area contributed by atoms with Gasteiger partial charge in [-0.05, 0) is 32.7 Å². The van der Waals surface area contributed by atoms with Crippen LogP contribution in [0.1, 0.15) is 48.7 Å². The first-order valence-electron chi connectivity index (χ1n) is 5.23. The zero-order valence-electron chi connectivity index (χ0n) is 8.95. The molecule has 1 aromatic rings. The summed E-state index contributed by atoms with van der Waals surface area (Å²) in [7, 11) is 1.95. The van der Waals surface area contributed by atoms with E-state index in [2.05, 4.69) is 29.4 Å². The lowest BCUT2D eigenvalue weighted by molar-refractivity contribution is 0.630. The Kier molecular flexibility index (Phi) is 2.83. The standard InChI is InChI=1S/C10H17N3S/c1-6(8-4-5-8)9-12-13-10(14-9)7(2)11-3/h6-8,11H,4-5H2,1-3H3. The molecule has 2 atom stereocenters. The second-order valence-electron chi connectivity index (χ2n) is 4.12. The number of hydrogen-bond acceptors (Lipinski definition) is 4. The normalized spacial score (nSPS) is 20.8. The van der Waals surface area contributed by atoms with E-state index in [-0.39, 0.29) is 0 Å². The predicted molar refractivity (Wildman–Crippen MR) is 58.5 cm³/mol. The van der Waals surface area contributed by atoms with Crippen molar-refractivity contribution in [3.05, 3.63) is 10.0 Å². The first kappa shape index (κ1) is 10.1. The van der Waals surface area contributed by atoms with Crippen molar-refractivity contribution in [3.63, 3.8) is 0 Å². The Balaban J connectivity index is 2.08. The summed E-state index contributed by atoms with van der Waals surface area (Å²) in [5.74, 6) is 1.49. The summed E-state index contributed by atoms with van der Waals surface area (Å²) in [5, 5.41) is 14.0. The molecule has 78 valence electrons. The van der Waals surface area contributed by atoms with Crippen molar-refractivity contribution < 1.29 is 0 Å². The summed E-state index contributed by atoms with van der Waals surface area (Å²) in [6.07, 6.45) is 2.75. The van der Waals surface area contributed by atoms with Gasteiger partial charge in [0.1, 0.15) is 10.0 Å². The van der Waals surface area contributed by atoms with Gasteiger partial charge in [-0.3, -0.25) is 0 Å². The fourth-order valence-corrected chi connectivity index (χ4v) is 2.58. The summed E-state index contributed by atoms with van der Waals surface area (Å²) >= 11 is 1.76. The molecular weight excluding hydrogens is 194 g/mol. The summed E-state index contributed by atoms with van der Waals surface area (Å²) in [6, 6.07) is 0.327. The molecule has 0 aromatic carbocycles. The van der Waals surface area contributed by atoms with Crippen LogP contribution in [0.3, 0.4) is 0 Å². The Morgan fingerprint density at radius 2 is 1.93 bits per heavy atom. The fraction of sp³-hybridized carbons (Fsp3) is 0.800. The average Bonchev–Trinajstić information content (AvgIpc) is 2.93. The van der Waals surface area contributed by atoms with Gasteiger partial charge in [0, 0.05) is 5.92 Å². The Bertz CT molecular complexity index is 306. The van der Waals surface area contributed by atoms with Crippen LogP contribution in [0.4, 0.5) is 0 Å². The van der Waals surface area contributed by atoms with Crippen LogP contribution in [0.25, 0.3) is 0 Å². The summed E-state index contributed by atoms with van der Waals surface area (Å²) < 4.78 is 0. The minimum absolute atomic E-state index is 0.327. The first-order chi connectivity index (χ1) is 6.72. The van der Waals surface area contributed by atoms with Crippen molar-refractivity contribution in [2.75, 3.05) is 7.05 Å². The molecular formula is C10H17N3S. The van der Waals surface area contributed by atoms with E-state index in [1.54, 1.807) is 11.3 Å². The second kappa shape index (κ2) is 3.95. The minimum Gasteiger partial charge on any atom is -0.311 e. The second-order valence-corrected chi connectivity index (χ2v) is 5.16. The summed E-state index contributed by atoms with van der Waals surface area (Å²) in [4.78, 5) is 0. The van der Waals surface area contributed by atoms with Crippen LogP contribution in [-0.4, -0.2) is 17.2 Å². The van der Waals surface area contributed by atoms with E-state index < -0.39 is 0 Å². The highest BCUT2D eigenvalue weighted by atomic mass is 32.1. The molecule has 1 aromatic heterocycles. The molecule has 1 aliphatic carbocycles. The van der Waals surface area contributed by atoms with E-state index >= 15 is 0 Å². The van der Waals surface area contributed by atoms with Gasteiger partial charge in [-0.15, -0.1) is 10.2 Å². The number of nitrogens with one attached hydrogen (secondary N) is 1. The van der Waals surface area contributed by atoms with E-state index in [1.165, 1.54) is 17.8 Å². The van der Waals surface area contributed by atoms with E-state index in [0.29, 0.717) is 12.0 Å². The van der Waals surface area contributed by atoms with Crippen LogP contribution in [0.2, 0.25) is 0 Å². The Morgan fingerprint density at radius 1 is 1.29 bits per heavy atom. The number of nitrogens with zero attached hydrogens (tertiary/aromatic N) is 2. The van der Waals surface area contributed by atoms with Gasteiger partial charge in [0.25, 0.3) is 0 Å². The van der Waals surface area contributed by atoms with Gasteiger partial charge < -0.3 is 5.32 Å². The number of rotatable bonds is 4. The third-order valence-electron chi connectivity index (χ3n) is 2.98. The molecule has 0 spiro atoms. The molecule has 14 heavy (non-hydrogen) atoms. The van der Waals surface area contributed by atoms with Crippen molar-refractivity contribution in [1.29, 1.82) is 0 Å². The highest BCUT2D eigenvalue weighted by molar-refractivity contribution is 7.11. The summed E-state index contributed by atoms with van der Waals surface area (Å²) in [6.45, 7) is 4.39.